The van der Waals surface area contributed by atoms with Crippen LogP contribution in [0.1, 0.15) is 22.8 Å². The molecule has 122 valence electrons. The molecule has 1 heterocycles. The number of aromatic nitrogens is 1. The Balaban J connectivity index is 1.83. The number of nitrogens with one attached hydrogen (secondary N) is 1. The molecule has 0 aliphatic heterocycles. The zero-order chi connectivity index (χ0) is 17.2. The third-order valence-corrected chi connectivity index (χ3v) is 5.18. The SMILES string of the molecule is CC(=O)c1ccc(S(=O)(=O)NCc2ccnc3ccccc23)cc1. The van der Waals surface area contributed by atoms with Crippen molar-refractivity contribution in [3.05, 3.63) is 71.9 Å². The Labute approximate surface area is 140 Å². The lowest BCUT2D eigenvalue weighted by atomic mass is 10.1. The Bertz CT molecular complexity index is 991. The van der Waals surface area contributed by atoms with E-state index in [1.807, 2.05) is 24.3 Å². The van der Waals surface area contributed by atoms with Gasteiger partial charge in [-0.25, -0.2) is 13.1 Å². The minimum atomic E-state index is -3.65. The van der Waals surface area contributed by atoms with Crippen molar-refractivity contribution in [2.75, 3.05) is 0 Å². The van der Waals surface area contributed by atoms with Gasteiger partial charge in [0, 0.05) is 23.7 Å². The molecule has 0 saturated heterocycles. The smallest absolute Gasteiger partial charge is 0.240 e. The van der Waals surface area contributed by atoms with E-state index in [0.29, 0.717) is 5.56 Å². The molecule has 0 atom stereocenters. The summed E-state index contributed by atoms with van der Waals surface area (Å²) in [6.45, 7) is 1.61. The molecule has 24 heavy (non-hydrogen) atoms. The number of hydrogen-bond donors (Lipinski definition) is 1. The number of ketones is 1. The number of para-hydroxylation sites is 1. The van der Waals surface area contributed by atoms with Gasteiger partial charge in [0.2, 0.25) is 10.0 Å². The van der Waals surface area contributed by atoms with Crippen molar-refractivity contribution in [1.82, 2.24) is 9.71 Å². The Hall–Kier alpha value is -2.57. The van der Waals surface area contributed by atoms with E-state index >= 15 is 0 Å². The van der Waals surface area contributed by atoms with Crippen LogP contribution in [0.5, 0.6) is 0 Å². The fourth-order valence-electron chi connectivity index (χ4n) is 2.43. The number of carbonyl (C=O) groups excluding carboxylic acids is 1. The predicted octanol–water partition coefficient (Wildman–Crippen LogP) is 2.92. The van der Waals surface area contributed by atoms with Crippen molar-refractivity contribution in [1.29, 1.82) is 0 Å². The van der Waals surface area contributed by atoms with Gasteiger partial charge in [0.1, 0.15) is 0 Å². The summed E-state index contributed by atoms with van der Waals surface area (Å²) in [5, 5.41) is 0.912. The highest BCUT2D eigenvalue weighted by molar-refractivity contribution is 7.89. The molecule has 0 radical (unpaired) electrons. The number of hydrogen-bond acceptors (Lipinski definition) is 4. The highest BCUT2D eigenvalue weighted by Gasteiger charge is 2.14. The number of sulfonamides is 1. The number of rotatable bonds is 5. The average Bonchev–Trinajstić information content (AvgIpc) is 2.60. The summed E-state index contributed by atoms with van der Waals surface area (Å²) in [5.74, 6) is -0.102. The molecule has 0 bridgehead atoms. The molecule has 0 aliphatic carbocycles. The maximum Gasteiger partial charge on any atom is 0.240 e. The van der Waals surface area contributed by atoms with E-state index in [2.05, 4.69) is 9.71 Å². The Morgan fingerprint density at radius 2 is 1.75 bits per heavy atom. The van der Waals surface area contributed by atoms with Crippen molar-refractivity contribution >= 4 is 26.7 Å². The van der Waals surface area contributed by atoms with E-state index in [1.165, 1.54) is 31.2 Å². The molecular formula is C18H16N2O3S. The standard InChI is InChI=1S/C18H16N2O3S/c1-13(21)14-6-8-16(9-7-14)24(22,23)20-12-15-10-11-19-18-5-3-2-4-17(15)18/h2-11,20H,12H2,1H3. The average molecular weight is 340 g/mol. The van der Waals surface area contributed by atoms with E-state index in [9.17, 15) is 13.2 Å². The molecular weight excluding hydrogens is 324 g/mol. The lowest BCUT2D eigenvalue weighted by Gasteiger charge is -2.09. The lowest BCUT2D eigenvalue weighted by Crippen LogP contribution is -2.23. The summed E-state index contributed by atoms with van der Waals surface area (Å²) in [4.78, 5) is 15.7. The summed E-state index contributed by atoms with van der Waals surface area (Å²) in [7, 11) is -3.65. The Morgan fingerprint density at radius 1 is 1.04 bits per heavy atom. The molecule has 0 fully saturated rings. The monoisotopic (exact) mass is 340 g/mol. The molecule has 0 amide bonds. The third-order valence-electron chi connectivity index (χ3n) is 3.76. The number of benzene rings is 2. The highest BCUT2D eigenvalue weighted by atomic mass is 32.2. The zero-order valence-corrected chi connectivity index (χ0v) is 13.9. The fraction of sp³-hybridized carbons (Fsp3) is 0.111. The van der Waals surface area contributed by atoms with E-state index < -0.39 is 10.0 Å². The van der Waals surface area contributed by atoms with Crippen LogP contribution in [0.25, 0.3) is 10.9 Å². The van der Waals surface area contributed by atoms with Crippen molar-refractivity contribution in [3.63, 3.8) is 0 Å². The van der Waals surface area contributed by atoms with Crippen LogP contribution in [0.4, 0.5) is 0 Å². The van der Waals surface area contributed by atoms with Gasteiger partial charge in [-0.15, -0.1) is 0 Å². The minimum Gasteiger partial charge on any atom is -0.295 e. The molecule has 1 N–H and O–H groups in total. The van der Waals surface area contributed by atoms with E-state index in [1.54, 1.807) is 12.3 Å². The van der Waals surface area contributed by atoms with E-state index in [-0.39, 0.29) is 17.2 Å². The summed E-state index contributed by atoms with van der Waals surface area (Å²) in [6.07, 6.45) is 1.66. The number of carbonyl (C=O) groups is 1. The van der Waals surface area contributed by atoms with Crippen LogP contribution in [0.3, 0.4) is 0 Å². The summed E-state index contributed by atoms with van der Waals surface area (Å²) >= 11 is 0. The molecule has 0 saturated carbocycles. The highest BCUT2D eigenvalue weighted by Crippen LogP contribution is 2.17. The first-order valence-corrected chi connectivity index (χ1v) is 8.89. The van der Waals surface area contributed by atoms with Gasteiger partial charge in [-0.05, 0) is 36.8 Å². The first-order chi connectivity index (χ1) is 11.5. The summed E-state index contributed by atoms with van der Waals surface area (Å²) in [6, 6.07) is 15.3. The van der Waals surface area contributed by atoms with Gasteiger partial charge in [-0.2, -0.15) is 0 Å². The minimum absolute atomic E-state index is 0.102. The summed E-state index contributed by atoms with van der Waals surface area (Å²) in [5.41, 5.74) is 2.15. The van der Waals surface area contributed by atoms with Crippen molar-refractivity contribution < 1.29 is 13.2 Å². The van der Waals surface area contributed by atoms with Gasteiger partial charge in [-0.3, -0.25) is 9.78 Å². The predicted molar refractivity (Wildman–Crippen MR) is 92.2 cm³/mol. The number of Topliss-reactive ketones (excluding diaryl/α,β-unsaturated/α-hetero) is 1. The van der Waals surface area contributed by atoms with Crippen molar-refractivity contribution in [2.45, 2.75) is 18.4 Å². The largest absolute Gasteiger partial charge is 0.295 e. The van der Waals surface area contributed by atoms with Gasteiger partial charge in [-0.1, -0.05) is 30.3 Å². The Kier molecular flexibility index (Phi) is 4.42. The van der Waals surface area contributed by atoms with Crippen LogP contribution < -0.4 is 4.72 Å². The molecule has 3 aromatic rings. The zero-order valence-electron chi connectivity index (χ0n) is 13.1. The molecule has 3 rings (SSSR count). The summed E-state index contributed by atoms with van der Waals surface area (Å²) < 4.78 is 27.4. The lowest BCUT2D eigenvalue weighted by molar-refractivity contribution is 0.101. The second kappa shape index (κ2) is 6.51. The third kappa shape index (κ3) is 3.34. The molecule has 2 aromatic carbocycles. The van der Waals surface area contributed by atoms with E-state index in [4.69, 9.17) is 0 Å². The number of nitrogens with zero attached hydrogens (tertiary/aromatic N) is 1. The molecule has 0 unspecified atom stereocenters. The van der Waals surface area contributed by atoms with Gasteiger partial charge in [0.05, 0.1) is 10.4 Å². The van der Waals surface area contributed by atoms with Crippen LogP contribution in [0.15, 0.2) is 65.7 Å². The molecule has 5 nitrogen and oxygen atoms in total. The second-order valence-corrected chi connectivity index (χ2v) is 7.16. The first kappa shape index (κ1) is 16.3. The van der Waals surface area contributed by atoms with Gasteiger partial charge < -0.3 is 0 Å². The maximum atomic E-state index is 12.4. The first-order valence-electron chi connectivity index (χ1n) is 7.41. The van der Waals surface area contributed by atoms with Gasteiger partial charge in [0.15, 0.2) is 5.78 Å². The topological polar surface area (TPSA) is 76.1 Å². The Morgan fingerprint density at radius 3 is 2.46 bits per heavy atom. The second-order valence-electron chi connectivity index (χ2n) is 5.39. The maximum absolute atomic E-state index is 12.4. The van der Waals surface area contributed by atoms with E-state index in [0.717, 1.165) is 16.5 Å². The fourth-order valence-corrected chi connectivity index (χ4v) is 3.44. The normalized spacial score (nSPS) is 11.5. The van der Waals surface area contributed by atoms with Gasteiger partial charge in [0.25, 0.3) is 0 Å². The quantitative estimate of drug-likeness (QED) is 0.725. The van der Waals surface area contributed by atoms with Crippen LogP contribution in [0, 0.1) is 0 Å². The van der Waals surface area contributed by atoms with Gasteiger partial charge >= 0.3 is 0 Å². The van der Waals surface area contributed by atoms with Crippen LogP contribution in [0.2, 0.25) is 0 Å². The van der Waals surface area contributed by atoms with Crippen LogP contribution >= 0.6 is 0 Å². The van der Waals surface area contributed by atoms with Crippen LogP contribution in [-0.4, -0.2) is 19.2 Å². The number of pyridine rings is 1. The molecule has 6 heteroatoms. The van der Waals surface area contributed by atoms with Crippen molar-refractivity contribution in [2.24, 2.45) is 0 Å². The van der Waals surface area contributed by atoms with Crippen molar-refractivity contribution in [3.8, 4) is 0 Å². The molecule has 0 spiro atoms. The molecule has 1 aromatic heterocycles. The number of fused-ring (bicyclic) bond motifs is 1. The molecule has 0 aliphatic rings. The van der Waals surface area contributed by atoms with Crippen LogP contribution in [-0.2, 0) is 16.6 Å².